The van der Waals surface area contributed by atoms with Crippen molar-refractivity contribution >= 4 is 22.7 Å². The molecule has 3 aromatic rings. The summed E-state index contributed by atoms with van der Waals surface area (Å²) in [6, 6.07) is 3.06. The van der Waals surface area contributed by atoms with Crippen LogP contribution in [0.5, 0.6) is 0 Å². The van der Waals surface area contributed by atoms with E-state index in [0.29, 0.717) is 41.3 Å². The highest BCUT2D eigenvalue weighted by molar-refractivity contribution is 5.88. The third-order valence-corrected chi connectivity index (χ3v) is 4.58. The number of halogens is 3. The molecule has 0 aliphatic heterocycles. The highest BCUT2D eigenvalue weighted by Crippen LogP contribution is 2.40. The van der Waals surface area contributed by atoms with E-state index in [9.17, 15) is 13.2 Å². The Labute approximate surface area is 147 Å². The SMILES string of the molecule is Cc1cc(Nc2[nH]nc3ncc(F)cc23)nc(C2CCC(F)(F)CC2)n1. The summed E-state index contributed by atoms with van der Waals surface area (Å²) < 4.78 is 40.2. The van der Waals surface area contributed by atoms with Gasteiger partial charge in [0.05, 0.1) is 11.6 Å². The van der Waals surface area contributed by atoms with Crippen molar-refractivity contribution in [2.24, 2.45) is 0 Å². The highest BCUT2D eigenvalue weighted by atomic mass is 19.3. The first kappa shape index (κ1) is 16.7. The summed E-state index contributed by atoms with van der Waals surface area (Å²) in [6.45, 7) is 1.82. The minimum atomic E-state index is -2.59. The van der Waals surface area contributed by atoms with E-state index in [1.165, 1.54) is 6.07 Å². The molecule has 6 nitrogen and oxygen atoms in total. The van der Waals surface area contributed by atoms with E-state index in [-0.39, 0.29) is 18.8 Å². The Morgan fingerprint density at radius 2 is 1.96 bits per heavy atom. The minimum Gasteiger partial charge on any atom is -0.325 e. The van der Waals surface area contributed by atoms with E-state index in [0.717, 1.165) is 11.9 Å². The molecule has 0 spiro atoms. The molecule has 0 amide bonds. The number of aryl methyl sites for hydroxylation is 1. The van der Waals surface area contributed by atoms with Gasteiger partial charge in [0.2, 0.25) is 5.92 Å². The van der Waals surface area contributed by atoms with Gasteiger partial charge in [0, 0.05) is 30.5 Å². The predicted octanol–water partition coefficient (Wildman–Crippen LogP) is 4.23. The van der Waals surface area contributed by atoms with Gasteiger partial charge in [-0.05, 0) is 25.8 Å². The summed E-state index contributed by atoms with van der Waals surface area (Å²) in [7, 11) is 0. The molecule has 0 atom stereocenters. The van der Waals surface area contributed by atoms with Gasteiger partial charge >= 0.3 is 0 Å². The van der Waals surface area contributed by atoms with Crippen molar-refractivity contribution in [1.29, 1.82) is 0 Å². The largest absolute Gasteiger partial charge is 0.325 e. The number of pyridine rings is 1. The van der Waals surface area contributed by atoms with Crippen LogP contribution in [0.4, 0.5) is 24.8 Å². The third kappa shape index (κ3) is 3.33. The van der Waals surface area contributed by atoms with Crippen LogP contribution >= 0.6 is 0 Å². The van der Waals surface area contributed by atoms with Gasteiger partial charge in [0.15, 0.2) is 5.65 Å². The number of fused-ring (bicyclic) bond motifs is 1. The van der Waals surface area contributed by atoms with Crippen molar-refractivity contribution in [3.05, 3.63) is 35.7 Å². The van der Waals surface area contributed by atoms with E-state index in [1.807, 2.05) is 6.92 Å². The van der Waals surface area contributed by atoms with Crippen LogP contribution in [0.2, 0.25) is 0 Å². The Morgan fingerprint density at radius 3 is 2.73 bits per heavy atom. The Morgan fingerprint density at radius 1 is 1.19 bits per heavy atom. The molecule has 0 aromatic carbocycles. The molecule has 0 bridgehead atoms. The lowest BCUT2D eigenvalue weighted by Crippen LogP contribution is -2.24. The van der Waals surface area contributed by atoms with Crippen LogP contribution in [0.1, 0.15) is 43.1 Å². The van der Waals surface area contributed by atoms with Crippen LogP contribution in [0, 0.1) is 12.7 Å². The van der Waals surface area contributed by atoms with Gasteiger partial charge in [0.1, 0.15) is 23.3 Å². The maximum absolute atomic E-state index is 13.4. The van der Waals surface area contributed by atoms with E-state index in [4.69, 9.17) is 0 Å². The maximum atomic E-state index is 13.4. The third-order valence-electron chi connectivity index (χ3n) is 4.58. The molecule has 1 aliphatic rings. The number of aromatic amines is 1. The molecule has 1 aliphatic carbocycles. The van der Waals surface area contributed by atoms with Gasteiger partial charge in [-0.15, -0.1) is 0 Å². The van der Waals surface area contributed by atoms with Gasteiger partial charge in [0.25, 0.3) is 0 Å². The zero-order valence-corrected chi connectivity index (χ0v) is 14.1. The Hall–Kier alpha value is -2.71. The molecule has 9 heteroatoms. The van der Waals surface area contributed by atoms with Crippen LogP contribution in [0.25, 0.3) is 11.0 Å². The molecular weight excluding hydrogens is 345 g/mol. The van der Waals surface area contributed by atoms with E-state index >= 15 is 0 Å². The molecule has 136 valence electrons. The van der Waals surface area contributed by atoms with Crippen LogP contribution in [-0.2, 0) is 0 Å². The fourth-order valence-corrected chi connectivity index (χ4v) is 3.23. The lowest BCUT2D eigenvalue weighted by molar-refractivity contribution is -0.0387. The fraction of sp³-hybridized carbons (Fsp3) is 0.412. The second-order valence-corrected chi connectivity index (χ2v) is 6.63. The summed E-state index contributed by atoms with van der Waals surface area (Å²) in [5.41, 5.74) is 1.11. The van der Waals surface area contributed by atoms with Crippen LogP contribution in [0.3, 0.4) is 0 Å². The van der Waals surface area contributed by atoms with Crippen LogP contribution in [-0.4, -0.2) is 31.1 Å². The zero-order valence-electron chi connectivity index (χ0n) is 14.1. The number of nitrogens with zero attached hydrogens (tertiary/aromatic N) is 4. The molecule has 1 fully saturated rings. The Balaban J connectivity index is 1.61. The fourth-order valence-electron chi connectivity index (χ4n) is 3.23. The number of anilines is 2. The first-order valence-corrected chi connectivity index (χ1v) is 8.40. The topological polar surface area (TPSA) is 79.4 Å². The molecule has 0 radical (unpaired) electrons. The summed E-state index contributed by atoms with van der Waals surface area (Å²) in [6.07, 6.45) is 1.52. The van der Waals surface area contributed by atoms with Crippen molar-refractivity contribution in [1.82, 2.24) is 25.1 Å². The van der Waals surface area contributed by atoms with Crippen molar-refractivity contribution in [2.75, 3.05) is 5.32 Å². The van der Waals surface area contributed by atoms with Gasteiger partial charge in [-0.1, -0.05) is 0 Å². The second kappa shape index (κ2) is 6.22. The van der Waals surface area contributed by atoms with Crippen LogP contribution in [0.15, 0.2) is 18.3 Å². The highest BCUT2D eigenvalue weighted by Gasteiger charge is 2.36. The number of hydrogen-bond donors (Lipinski definition) is 2. The Kier molecular flexibility index (Phi) is 4.01. The summed E-state index contributed by atoms with van der Waals surface area (Å²) >= 11 is 0. The summed E-state index contributed by atoms with van der Waals surface area (Å²) in [4.78, 5) is 12.8. The normalized spacial score (nSPS) is 17.5. The van der Waals surface area contributed by atoms with Crippen molar-refractivity contribution in [2.45, 2.75) is 44.4 Å². The second-order valence-electron chi connectivity index (χ2n) is 6.63. The summed E-state index contributed by atoms with van der Waals surface area (Å²) in [5.74, 6) is -1.63. The number of H-pyrrole nitrogens is 1. The van der Waals surface area contributed by atoms with E-state index in [2.05, 4.69) is 30.5 Å². The maximum Gasteiger partial charge on any atom is 0.248 e. The zero-order chi connectivity index (χ0) is 18.3. The first-order chi connectivity index (χ1) is 12.4. The number of rotatable bonds is 3. The average Bonchev–Trinajstić information content (AvgIpc) is 2.96. The average molecular weight is 362 g/mol. The van der Waals surface area contributed by atoms with Gasteiger partial charge in [-0.2, -0.15) is 5.10 Å². The van der Waals surface area contributed by atoms with Gasteiger partial charge in [-0.3, -0.25) is 5.10 Å². The van der Waals surface area contributed by atoms with Crippen LogP contribution < -0.4 is 5.32 Å². The molecule has 26 heavy (non-hydrogen) atoms. The van der Waals surface area contributed by atoms with Gasteiger partial charge in [-0.25, -0.2) is 28.1 Å². The molecule has 1 saturated carbocycles. The first-order valence-electron chi connectivity index (χ1n) is 8.40. The molecule has 0 saturated heterocycles. The Bertz CT molecular complexity index is 945. The quantitative estimate of drug-likeness (QED) is 0.729. The molecule has 3 heterocycles. The number of aromatic nitrogens is 5. The minimum absolute atomic E-state index is 0.0901. The monoisotopic (exact) mass is 362 g/mol. The lowest BCUT2D eigenvalue weighted by Gasteiger charge is -2.27. The predicted molar refractivity (Wildman–Crippen MR) is 90.1 cm³/mol. The van der Waals surface area contributed by atoms with Gasteiger partial charge < -0.3 is 5.32 Å². The number of nitrogens with one attached hydrogen (secondary N) is 2. The molecule has 4 rings (SSSR count). The molecule has 0 unspecified atom stereocenters. The summed E-state index contributed by atoms with van der Waals surface area (Å²) in [5, 5.41) is 10.4. The van der Waals surface area contributed by atoms with E-state index < -0.39 is 11.7 Å². The van der Waals surface area contributed by atoms with Crippen molar-refractivity contribution < 1.29 is 13.2 Å². The van der Waals surface area contributed by atoms with Crippen molar-refractivity contribution in [3.63, 3.8) is 0 Å². The molecular formula is C17H17F3N6. The standard InChI is InChI=1S/C17H17F3N6/c1-9-6-13(23-14(22-9)10-2-4-17(19,20)5-3-10)24-16-12-7-11(18)8-21-15(12)25-26-16/h6-8,10H,2-5H2,1H3,(H2,21,22,23,24,25,26). The number of hydrogen-bond acceptors (Lipinski definition) is 5. The number of alkyl halides is 2. The lowest BCUT2D eigenvalue weighted by atomic mass is 9.86. The smallest absolute Gasteiger partial charge is 0.248 e. The molecule has 2 N–H and O–H groups in total. The van der Waals surface area contributed by atoms with Crippen molar-refractivity contribution in [3.8, 4) is 0 Å². The molecule has 3 aromatic heterocycles. The van der Waals surface area contributed by atoms with E-state index in [1.54, 1.807) is 6.07 Å².